The van der Waals surface area contributed by atoms with Crippen LogP contribution in [0.25, 0.3) is 10.2 Å². The maximum absolute atomic E-state index is 13.0. The molecule has 0 saturated carbocycles. The Balaban J connectivity index is 1.49. The van der Waals surface area contributed by atoms with E-state index < -0.39 is 17.7 Å². The number of thiazole rings is 1. The standard InChI is InChI=1S/C19H11F3N4O2S/c1-2-9-28-13-7-8-14-15(10-13)29-17(23-14)24-16(27)11-3-5-12(6-4-11)18(25-26-18)19(20,21)22/h1,3-8,10H,9H2,(H,23,24,27). The lowest BCUT2D eigenvalue weighted by molar-refractivity contribution is -0.166. The lowest BCUT2D eigenvalue weighted by Gasteiger charge is -2.14. The van der Waals surface area contributed by atoms with Gasteiger partial charge in [-0.05, 0) is 30.3 Å². The summed E-state index contributed by atoms with van der Waals surface area (Å²) in [4.78, 5) is 16.7. The molecular weight excluding hydrogens is 405 g/mol. The molecule has 0 bridgehead atoms. The molecule has 6 nitrogen and oxygen atoms in total. The van der Waals surface area contributed by atoms with E-state index in [1.54, 1.807) is 18.2 Å². The zero-order valence-corrected chi connectivity index (χ0v) is 15.3. The second kappa shape index (κ2) is 6.86. The Labute approximate surface area is 166 Å². The van der Waals surface area contributed by atoms with Crippen LogP contribution in [0.4, 0.5) is 18.3 Å². The second-order valence-corrected chi connectivity index (χ2v) is 7.07. The zero-order valence-electron chi connectivity index (χ0n) is 14.5. The number of hydrogen-bond acceptors (Lipinski definition) is 6. The van der Waals surface area contributed by atoms with Crippen molar-refractivity contribution < 1.29 is 22.7 Å². The van der Waals surface area contributed by atoms with Gasteiger partial charge in [0.15, 0.2) is 5.13 Å². The number of terminal acetylenes is 1. The van der Waals surface area contributed by atoms with Crippen molar-refractivity contribution in [3.8, 4) is 18.1 Å². The van der Waals surface area contributed by atoms with Crippen molar-refractivity contribution in [3.05, 3.63) is 53.6 Å². The van der Waals surface area contributed by atoms with Crippen molar-refractivity contribution in [1.29, 1.82) is 0 Å². The number of nitrogens with zero attached hydrogens (tertiary/aromatic N) is 3. The molecule has 1 amide bonds. The Bertz CT molecular complexity index is 1160. The summed E-state index contributed by atoms with van der Waals surface area (Å²) in [6.07, 6.45) is 0.552. The lowest BCUT2D eigenvalue weighted by atomic mass is 10.0. The molecule has 0 fully saturated rings. The van der Waals surface area contributed by atoms with Crippen LogP contribution in [0.1, 0.15) is 15.9 Å². The van der Waals surface area contributed by atoms with Crippen molar-refractivity contribution in [1.82, 2.24) is 4.98 Å². The van der Waals surface area contributed by atoms with Gasteiger partial charge in [0.05, 0.1) is 10.2 Å². The summed E-state index contributed by atoms with van der Waals surface area (Å²) in [6, 6.07) is 10.2. The molecule has 2 aromatic carbocycles. The Hall–Kier alpha value is -3.45. The minimum Gasteiger partial charge on any atom is -0.481 e. The van der Waals surface area contributed by atoms with Crippen LogP contribution in [0.5, 0.6) is 5.75 Å². The molecule has 146 valence electrons. The molecule has 1 aliphatic heterocycles. The number of anilines is 1. The Morgan fingerprint density at radius 1 is 1.21 bits per heavy atom. The predicted molar refractivity (Wildman–Crippen MR) is 101 cm³/mol. The van der Waals surface area contributed by atoms with E-state index in [0.29, 0.717) is 16.4 Å². The first-order valence-electron chi connectivity index (χ1n) is 8.22. The van der Waals surface area contributed by atoms with Crippen LogP contribution in [0, 0.1) is 12.3 Å². The van der Waals surface area contributed by atoms with Crippen LogP contribution in [-0.2, 0) is 5.66 Å². The molecule has 0 aliphatic carbocycles. The first-order chi connectivity index (χ1) is 13.8. The van der Waals surface area contributed by atoms with Crippen LogP contribution in [0.3, 0.4) is 0 Å². The largest absolute Gasteiger partial charge is 0.481 e. The third-order valence-corrected chi connectivity index (χ3v) is 5.08. The number of carbonyl (C=O) groups excluding carboxylic acids is 1. The van der Waals surface area contributed by atoms with Gasteiger partial charge in [-0.3, -0.25) is 10.1 Å². The Morgan fingerprint density at radius 3 is 2.55 bits per heavy atom. The molecule has 0 radical (unpaired) electrons. The van der Waals surface area contributed by atoms with Gasteiger partial charge in [0.1, 0.15) is 12.4 Å². The fourth-order valence-electron chi connectivity index (χ4n) is 2.64. The molecule has 2 heterocycles. The van der Waals surface area contributed by atoms with Gasteiger partial charge >= 0.3 is 11.8 Å². The highest BCUT2D eigenvalue weighted by molar-refractivity contribution is 7.22. The predicted octanol–water partition coefficient (Wildman–Crippen LogP) is 4.74. The average Bonchev–Trinajstić information content (AvgIpc) is 3.42. The molecule has 29 heavy (non-hydrogen) atoms. The van der Waals surface area contributed by atoms with Crippen LogP contribution in [0.15, 0.2) is 52.7 Å². The van der Waals surface area contributed by atoms with Crippen LogP contribution in [0.2, 0.25) is 0 Å². The number of carbonyl (C=O) groups is 1. The smallest absolute Gasteiger partial charge is 0.442 e. The molecular formula is C19H11F3N4O2S. The number of halogens is 3. The highest BCUT2D eigenvalue weighted by atomic mass is 32.1. The number of ether oxygens (including phenoxy) is 1. The van der Waals surface area contributed by atoms with Gasteiger partial charge in [-0.25, -0.2) is 4.98 Å². The molecule has 0 unspecified atom stereocenters. The minimum absolute atomic E-state index is 0.138. The van der Waals surface area contributed by atoms with Gasteiger partial charge < -0.3 is 4.74 Å². The highest BCUT2D eigenvalue weighted by Gasteiger charge is 2.65. The molecule has 10 heteroatoms. The number of amides is 1. The van der Waals surface area contributed by atoms with E-state index in [1.165, 1.54) is 35.6 Å². The third-order valence-electron chi connectivity index (χ3n) is 4.15. The summed E-state index contributed by atoms with van der Waals surface area (Å²) in [5.74, 6) is 2.46. The van der Waals surface area contributed by atoms with Crippen LogP contribution < -0.4 is 10.1 Å². The van der Waals surface area contributed by atoms with Gasteiger partial charge in [-0.15, -0.1) is 16.7 Å². The summed E-state index contributed by atoms with van der Waals surface area (Å²) >= 11 is 1.24. The fourth-order valence-corrected chi connectivity index (χ4v) is 3.53. The summed E-state index contributed by atoms with van der Waals surface area (Å²) in [6.45, 7) is 0.139. The summed E-state index contributed by atoms with van der Waals surface area (Å²) in [5, 5.41) is 9.27. The molecule has 0 spiro atoms. The molecule has 1 aliphatic rings. The normalized spacial score (nSPS) is 14.4. The van der Waals surface area contributed by atoms with Crippen molar-refractivity contribution in [2.24, 2.45) is 10.2 Å². The summed E-state index contributed by atoms with van der Waals surface area (Å²) < 4.78 is 45.2. The van der Waals surface area contributed by atoms with Crippen LogP contribution >= 0.6 is 11.3 Å². The quantitative estimate of drug-likeness (QED) is 0.611. The highest BCUT2D eigenvalue weighted by Crippen LogP contribution is 2.52. The van der Waals surface area contributed by atoms with Crippen molar-refractivity contribution in [3.63, 3.8) is 0 Å². The number of aromatic nitrogens is 1. The maximum atomic E-state index is 13.0. The van der Waals surface area contributed by atoms with E-state index in [1.807, 2.05) is 0 Å². The molecule has 4 rings (SSSR count). The molecule has 0 saturated heterocycles. The van der Waals surface area contributed by atoms with Crippen molar-refractivity contribution >= 4 is 32.6 Å². The van der Waals surface area contributed by atoms with Crippen LogP contribution in [-0.4, -0.2) is 23.7 Å². The van der Waals surface area contributed by atoms with Gasteiger partial charge in [-0.1, -0.05) is 29.4 Å². The van der Waals surface area contributed by atoms with E-state index in [4.69, 9.17) is 11.2 Å². The average molecular weight is 416 g/mol. The SMILES string of the molecule is C#CCOc1ccc2nc(NC(=O)c3ccc(C4(C(F)(F)F)N=N4)cc3)sc2c1. The minimum atomic E-state index is -4.61. The van der Waals surface area contributed by atoms with Gasteiger partial charge in [0, 0.05) is 11.1 Å². The monoisotopic (exact) mass is 416 g/mol. The number of fused-ring (bicyclic) bond motifs is 1. The topological polar surface area (TPSA) is 75.9 Å². The zero-order chi connectivity index (χ0) is 20.6. The van der Waals surface area contributed by atoms with Crippen molar-refractivity contribution in [2.45, 2.75) is 11.8 Å². The third kappa shape index (κ3) is 3.52. The number of benzene rings is 2. The van der Waals surface area contributed by atoms with E-state index in [9.17, 15) is 18.0 Å². The van der Waals surface area contributed by atoms with E-state index >= 15 is 0 Å². The van der Waals surface area contributed by atoms with E-state index in [-0.39, 0.29) is 17.7 Å². The number of alkyl halides is 3. The van der Waals surface area contributed by atoms with Gasteiger partial charge in [0.25, 0.3) is 5.91 Å². The number of hydrogen-bond donors (Lipinski definition) is 1. The summed E-state index contributed by atoms with van der Waals surface area (Å²) in [7, 11) is 0. The fraction of sp³-hybridized carbons (Fsp3) is 0.158. The second-order valence-electron chi connectivity index (χ2n) is 6.04. The number of rotatable bonds is 5. The first kappa shape index (κ1) is 18.9. The molecule has 1 N–H and O–H groups in total. The van der Waals surface area contributed by atoms with E-state index in [2.05, 4.69) is 26.4 Å². The Kier molecular flexibility index (Phi) is 4.47. The molecule has 0 atom stereocenters. The van der Waals surface area contributed by atoms with Crippen molar-refractivity contribution in [2.75, 3.05) is 11.9 Å². The van der Waals surface area contributed by atoms with Gasteiger partial charge in [-0.2, -0.15) is 13.2 Å². The lowest BCUT2D eigenvalue weighted by Crippen LogP contribution is -2.30. The maximum Gasteiger partial charge on any atom is 0.442 e. The van der Waals surface area contributed by atoms with Gasteiger partial charge in [0.2, 0.25) is 0 Å². The first-order valence-corrected chi connectivity index (χ1v) is 9.03. The molecule has 3 aromatic rings. The van der Waals surface area contributed by atoms with E-state index in [0.717, 1.165) is 4.70 Å². The molecule has 1 aromatic heterocycles. The Morgan fingerprint density at radius 2 is 1.93 bits per heavy atom. The number of nitrogens with one attached hydrogen (secondary N) is 1. The summed E-state index contributed by atoms with van der Waals surface area (Å²) in [5.41, 5.74) is -1.79.